The number of carbonyl (C=O) groups excluding carboxylic acids is 1. The second-order valence-corrected chi connectivity index (χ2v) is 12.7. The molecule has 5 rings (SSSR count). The van der Waals surface area contributed by atoms with Gasteiger partial charge in [-0.15, -0.1) is 0 Å². The van der Waals surface area contributed by atoms with Crippen molar-refractivity contribution >= 4 is 5.78 Å². The predicted octanol–water partition coefficient (Wildman–Crippen LogP) is 7.33. The van der Waals surface area contributed by atoms with Crippen LogP contribution in [0.2, 0.25) is 0 Å². The average Bonchev–Trinajstić information content (AvgIpc) is 2.76. The summed E-state index contributed by atoms with van der Waals surface area (Å²) in [6.45, 7) is 19.9. The number of allylic oxidation sites excluding steroid dienone is 7. The van der Waals surface area contributed by atoms with Crippen molar-refractivity contribution < 1.29 is 9.90 Å². The quantitative estimate of drug-likeness (QED) is 0.435. The Morgan fingerprint density at radius 1 is 1.00 bits per heavy atom. The third-order valence-corrected chi connectivity index (χ3v) is 11.2. The number of rotatable bonds is 0. The van der Waals surface area contributed by atoms with Crippen LogP contribution >= 0.6 is 0 Å². The minimum atomic E-state index is -0.251. The maximum Gasteiger partial charge on any atom is 0.278 e. The van der Waals surface area contributed by atoms with Crippen molar-refractivity contribution in [1.29, 1.82) is 0 Å². The zero-order valence-electron chi connectivity index (χ0n) is 20.6. The highest BCUT2D eigenvalue weighted by Gasteiger charge is 2.68. The highest BCUT2D eigenvalue weighted by atomic mass is 16.3. The monoisotopic (exact) mass is 432 g/mol. The van der Waals surface area contributed by atoms with Crippen LogP contribution in [0, 0.1) is 34.2 Å². The van der Waals surface area contributed by atoms with Gasteiger partial charge in [-0.05, 0) is 78.4 Å². The molecule has 0 aromatic carbocycles. The van der Waals surface area contributed by atoms with Gasteiger partial charge in [-0.3, -0.25) is 4.79 Å². The lowest BCUT2D eigenvalue weighted by molar-refractivity contribution is -0.148. The molecule has 1 N–H and O–H groups in total. The van der Waals surface area contributed by atoms with Gasteiger partial charge in [0.15, 0.2) is 5.76 Å². The number of hydrogen-bond donors (Lipinski definition) is 1. The average molecular weight is 433 g/mol. The second-order valence-electron chi connectivity index (χ2n) is 12.7. The highest BCUT2D eigenvalue weighted by molar-refractivity contribution is 6.06. The molecule has 0 amide bonds. The van der Waals surface area contributed by atoms with E-state index in [1.165, 1.54) is 24.8 Å². The van der Waals surface area contributed by atoms with Gasteiger partial charge in [0.2, 0.25) is 5.78 Å². The van der Waals surface area contributed by atoms with Crippen molar-refractivity contribution in [3.05, 3.63) is 51.1 Å². The Labute approximate surface area is 193 Å². The molecule has 0 unspecified atom stereocenters. The SMILES string of the molecule is C#[N+][C@]1(C)CC[C@]2(C)CC[C@]3(C)C4=CC=C5C(=CC(=O)C(O)=C5C)[C@]4(C)CC[C@@]3(C)[C@@H]2C1. The van der Waals surface area contributed by atoms with E-state index in [1.54, 1.807) is 6.08 Å². The van der Waals surface area contributed by atoms with Gasteiger partial charge in [0.1, 0.15) is 0 Å². The van der Waals surface area contributed by atoms with Gasteiger partial charge in [0.05, 0.1) is 0 Å². The van der Waals surface area contributed by atoms with Crippen LogP contribution in [0.15, 0.2) is 46.3 Å². The van der Waals surface area contributed by atoms with Crippen LogP contribution in [0.3, 0.4) is 0 Å². The smallest absolute Gasteiger partial charge is 0.278 e. The number of hydrogen-bond acceptors (Lipinski definition) is 2. The third-order valence-electron chi connectivity index (χ3n) is 11.2. The number of nitrogens with zero attached hydrogens (tertiary/aromatic N) is 1. The van der Waals surface area contributed by atoms with Crippen molar-refractivity contribution in [2.45, 2.75) is 92.0 Å². The van der Waals surface area contributed by atoms with E-state index in [-0.39, 0.29) is 33.3 Å². The van der Waals surface area contributed by atoms with E-state index in [1.807, 2.05) is 6.92 Å². The molecule has 3 heteroatoms. The van der Waals surface area contributed by atoms with Crippen LogP contribution in [0.5, 0.6) is 0 Å². The molecule has 0 bridgehead atoms. The maximum absolute atomic E-state index is 12.6. The number of ketones is 1. The molecule has 3 nitrogen and oxygen atoms in total. The number of fused-ring (bicyclic) bond motifs is 7. The molecule has 3 saturated carbocycles. The second kappa shape index (κ2) is 6.28. The topological polar surface area (TPSA) is 41.7 Å². The van der Waals surface area contributed by atoms with Crippen LogP contribution in [0.1, 0.15) is 86.5 Å². The molecule has 0 saturated heterocycles. The van der Waals surface area contributed by atoms with Gasteiger partial charge in [0, 0.05) is 30.8 Å². The lowest BCUT2D eigenvalue weighted by Crippen LogP contribution is -2.62. The summed E-state index contributed by atoms with van der Waals surface area (Å²) in [6.07, 6.45) is 14.1. The molecule has 0 radical (unpaired) electrons. The Hall–Kier alpha value is -2.08. The molecule has 5 aliphatic carbocycles. The van der Waals surface area contributed by atoms with E-state index in [4.69, 9.17) is 6.57 Å². The minimum Gasteiger partial charge on any atom is -0.504 e. The van der Waals surface area contributed by atoms with Crippen LogP contribution in [-0.4, -0.2) is 16.4 Å². The Kier molecular flexibility index (Phi) is 4.27. The first-order chi connectivity index (χ1) is 14.8. The van der Waals surface area contributed by atoms with Gasteiger partial charge in [0.25, 0.3) is 12.1 Å². The van der Waals surface area contributed by atoms with Crippen LogP contribution < -0.4 is 0 Å². The molecule has 0 aliphatic heterocycles. The largest absolute Gasteiger partial charge is 0.504 e. The van der Waals surface area contributed by atoms with Gasteiger partial charge in [-0.2, -0.15) is 0 Å². The summed E-state index contributed by atoms with van der Waals surface area (Å²) in [4.78, 5) is 16.9. The molecule has 0 aromatic heterocycles. The zero-order valence-corrected chi connectivity index (χ0v) is 20.6. The molecule has 6 atom stereocenters. The third kappa shape index (κ3) is 2.45. The molecular weight excluding hydrogens is 394 g/mol. The highest BCUT2D eigenvalue weighted by Crippen LogP contribution is 2.75. The lowest BCUT2D eigenvalue weighted by atomic mass is 9.35. The van der Waals surface area contributed by atoms with E-state index < -0.39 is 0 Å². The van der Waals surface area contributed by atoms with E-state index >= 15 is 0 Å². The summed E-state index contributed by atoms with van der Waals surface area (Å²) in [6, 6.07) is 0. The number of aliphatic hydroxyl groups excluding tert-OH is 1. The molecule has 0 aromatic rings. The summed E-state index contributed by atoms with van der Waals surface area (Å²) in [5.41, 5.74) is 4.60. The molecule has 32 heavy (non-hydrogen) atoms. The predicted molar refractivity (Wildman–Crippen MR) is 130 cm³/mol. The number of aliphatic hydroxyl groups is 1. The maximum atomic E-state index is 12.6. The fraction of sp³-hybridized carbons (Fsp3) is 0.655. The van der Waals surface area contributed by atoms with E-state index in [0.29, 0.717) is 16.9 Å². The Morgan fingerprint density at radius 3 is 2.38 bits per heavy atom. The normalized spacial score (nSPS) is 47.7. The summed E-state index contributed by atoms with van der Waals surface area (Å²) < 4.78 is 0. The van der Waals surface area contributed by atoms with E-state index in [9.17, 15) is 9.90 Å². The molecule has 3 fully saturated rings. The molecule has 170 valence electrons. The summed E-state index contributed by atoms with van der Waals surface area (Å²) in [5, 5.41) is 10.3. The first-order valence-electron chi connectivity index (χ1n) is 12.4. The Balaban J connectivity index is 1.65. The van der Waals surface area contributed by atoms with Gasteiger partial charge < -0.3 is 5.11 Å². The fourth-order valence-corrected chi connectivity index (χ4v) is 8.56. The molecule has 5 aliphatic rings. The summed E-state index contributed by atoms with van der Waals surface area (Å²) in [7, 11) is 0. The molecule has 0 spiro atoms. The molecular formula is C29H38NO2+. The summed E-state index contributed by atoms with van der Waals surface area (Å²) in [5.74, 6) is 0.218. The van der Waals surface area contributed by atoms with Crippen molar-refractivity contribution in [3.63, 3.8) is 0 Å². The first-order valence-corrected chi connectivity index (χ1v) is 12.4. The molecule has 0 heterocycles. The zero-order chi connectivity index (χ0) is 23.3. The van der Waals surface area contributed by atoms with Gasteiger partial charge >= 0.3 is 0 Å². The van der Waals surface area contributed by atoms with Crippen molar-refractivity contribution in [1.82, 2.24) is 0 Å². The number of carbonyl (C=O) groups is 1. The Bertz CT molecular complexity index is 1100. The van der Waals surface area contributed by atoms with Crippen molar-refractivity contribution in [2.75, 3.05) is 0 Å². The Morgan fingerprint density at radius 2 is 1.69 bits per heavy atom. The van der Waals surface area contributed by atoms with Gasteiger partial charge in [-0.1, -0.05) is 50.3 Å². The lowest BCUT2D eigenvalue weighted by Gasteiger charge is -2.69. The first kappa shape index (κ1) is 21.7. The van der Waals surface area contributed by atoms with Crippen LogP contribution in [0.25, 0.3) is 4.85 Å². The fourth-order valence-electron chi connectivity index (χ4n) is 8.56. The van der Waals surface area contributed by atoms with Crippen LogP contribution in [-0.2, 0) is 4.79 Å². The summed E-state index contributed by atoms with van der Waals surface area (Å²) >= 11 is 0. The minimum absolute atomic E-state index is 0.0556. The van der Waals surface area contributed by atoms with Crippen molar-refractivity contribution in [2.24, 2.45) is 27.6 Å². The van der Waals surface area contributed by atoms with Gasteiger partial charge in [-0.25, -0.2) is 0 Å². The van der Waals surface area contributed by atoms with E-state index in [0.717, 1.165) is 36.8 Å². The van der Waals surface area contributed by atoms with Crippen molar-refractivity contribution in [3.8, 4) is 6.57 Å². The van der Waals surface area contributed by atoms with E-state index in [2.05, 4.69) is 51.6 Å². The standard InChI is InChI=1S/C29H37NO2/c1-18-19-8-9-22-27(4,20(19)16-21(31)24(18)32)13-15-29(6)23-17-26(3,30-7)12-10-25(23,2)11-14-28(22,29)5/h7-9,16,23H,10-15,17H2,1-6H3/p+1/t23-,25-,26-,27+,28-,29+/m1/s1. The van der Waals surface area contributed by atoms with Crippen LogP contribution in [0.4, 0.5) is 0 Å².